The van der Waals surface area contributed by atoms with Crippen LogP contribution >= 0.6 is 0 Å². The summed E-state index contributed by atoms with van der Waals surface area (Å²) in [6.07, 6.45) is 4.38. The minimum atomic E-state index is 0.940. The van der Waals surface area contributed by atoms with Gasteiger partial charge in [-0.25, -0.2) is 4.98 Å². The molecule has 0 aliphatic carbocycles. The van der Waals surface area contributed by atoms with E-state index in [1.807, 2.05) is 12.1 Å². The van der Waals surface area contributed by atoms with Crippen LogP contribution in [0.3, 0.4) is 0 Å². The monoisotopic (exact) mass is 526 g/mol. The van der Waals surface area contributed by atoms with Crippen LogP contribution in [0.1, 0.15) is 13.8 Å². The molecule has 7 aromatic rings. The molecule has 0 amide bonds. The Hall–Kier alpha value is -5.21. The third-order valence-electron chi connectivity index (χ3n) is 7.83. The Kier molecular flexibility index (Phi) is 6.10. The smallest absolute Gasteiger partial charge is 0.145 e. The fraction of sp³-hybridized carbons (Fsp3) is 0.0513. The molecular weight excluding hydrogens is 496 g/mol. The standard InChI is InChI=1S/C39H30N2/c1-4-27-18-23-30-25-34(32-14-8-9-15-33(32)38(30)35(27)24-26(2)3)28-19-21-29(22-20-28)39-40-36-16-10-11-17-37(36)41(39)31-12-6-5-7-13-31/h4-25H,2H2,1,3H3. The van der Waals surface area contributed by atoms with E-state index < -0.39 is 0 Å². The lowest BCUT2D eigenvalue weighted by Gasteiger charge is -2.13. The lowest BCUT2D eigenvalue weighted by molar-refractivity contribution is 1.10. The summed E-state index contributed by atoms with van der Waals surface area (Å²) in [6, 6.07) is 43.2. The van der Waals surface area contributed by atoms with Crippen LogP contribution in [0.15, 0.2) is 133 Å². The number of hydrogen-bond donors (Lipinski definition) is 0. The van der Waals surface area contributed by atoms with Crippen molar-refractivity contribution in [1.29, 1.82) is 0 Å². The molecule has 0 atom stereocenters. The number of para-hydroxylation sites is 3. The molecule has 6 aromatic carbocycles. The maximum Gasteiger partial charge on any atom is 0.145 e. The van der Waals surface area contributed by atoms with Gasteiger partial charge in [-0.1, -0.05) is 115 Å². The lowest BCUT2D eigenvalue weighted by Crippen LogP contribution is -2.25. The molecule has 0 saturated heterocycles. The molecule has 0 saturated carbocycles. The van der Waals surface area contributed by atoms with Gasteiger partial charge in [0, 0.05) is 11.3 Å². The van der Waals surface area contributed by atoms with Crippen molar-refractivity contribution in [1.82, 2.24) is 9.55 Å². The minimum absolute atomic E-state index is 0.940. The molecule has 0 spiro atoms. The van der Waals surface area contributed by atoms with Crippen LogP contribution in [-0.4, -0.2) is 9.55 Å². The molecule has 0 bridgehead atoms. The molecule has 0 aliphatic heterocycles. The molecule has 0 fully saturated rings. The molecule has 1 heterocycles. The van der Waals surface area contributed by atoms with Gasteiger partial charge in [0.25, 0.3) is 0 Å². The van der Waals surface area contributed by atoms with Crippen molar-refractivity contribution in [3.05, 3.63) is 144 Å². The van der Waals surface area contributed by atoms with Crippen molar-refractivity contribution >= 4 is 44.7 Å². The molecule has 0 radical (unpaired) electrons. The maximum atomic E-state index is 5.05. The quantitative estimate of drug-likeness (QED) is 0.210. The van der Waals surface area contributed by atoms with E-state index in [0.29, 0.717) is 0 Å². The van der Waals surface area contributed by atoms with Gasteiger partial charge in [-0.15, -0.1) is 0 Å². The summed E-state index contributed by atoms with van der Waals surface area (Å²) in [7, 11) is 0. The van der Waals surface area contributed by atoms with Gasteiger partial charge in [0.05, 0.1) is 11.0 Å². The van der Waals surface area contributed by atoms with Gasteiger partial charge in [0.15, 0.2) is 0 Å². The topological polar surface area (TPSA) is 17.8 Å². The third-order valence-corrected chi connectivity index (χ3v) is 7.83. The largest absolute Gasteiger partial charge is 0.292 e. The van der Waals surface area contributed by atoms with Crippen LogP contribution in [0.5, 0.6) is 0 Å². The van der Waals surface area contributed by atoms with Gasteiger partial charge in [-0.05, 0) is 87.3 Å². The molecule has 41 heavy (non-hydrogen) atoms. The van der Waals surface area contributed by atoms with Crippen LogP contribution in [0.25, 0.3) is 72.9 Å². The zero-order chi connectivity index (χ0) is 27.9. The Morgan fingerprint density at radius 1 is 0.732 bits per heavy atom. The van der Waals surface area contributed by atoms with Gasteiger partial charge in [-0.2, -0.15) is 0 Å². The highest BCUT2D eigenvalue weighted by Gasteiger charge is 2.15. The highest BCUT2D eigenvalue weighted by molar-refractivity contribution is 6.14. The Morgan fingerprint density at radius 3 is 2.17 bits per heavy atom. The van der Waals surface area contributed by atoms with E-state index in [9.17, 15) is 0 Å². The third kappa shape index (κ3) is 4.25. The van der Waals surface area contributed by atoms with Gasteiger partial charge in [0.2, 0.25) is 0 Å². The summed E-state index contributed by atoms with van der Waals surface area (Å²) in [5.41, 5.74) is 7.74. The van der Waals surface area contributed by atoms with Gasteiger partial charge < -0.3 is 0 Å². The van der Waals surface area contributed by atoms with Crippen molar-refractivity contribution in [2.75, 3.05) is 0 Å². The Balaban J connectivity index is 1.43. The van der Waals surface area contributed by atoms with Gasteiger partial charge in [-0.3, -0.25) is 4.57 Å². The summed E-state index contributed by atoms with van der Waals surface area (Å²) in [5, 5.41) is 7.46. The number of benzene rings is 6. The first-order valence-electron chi connectivity index (χ1n) is 14.0. The van der Waals surface area contributed by atoms with E-state index in [4.69, 9.17) is 4.98 Å². The first kappa shape index (κ1) is 24.8. The van der Waals surface area contributed by atoms with Crippen molar-refractivity contribution in [2.24, 2.45) is 0 Å². The van der Waals surface area contributed by atoms with E-state index >= 15 is 0 Å². The van der Waals surface area contributed by atoms with Crippen LogP contribution < -0.4 is 10.4 Å². The zero-order valence-electron chi connectivity index (χ0n) is 23.3. The average Bonchev–Trinajstić information content (AvgIpc) is 3.40. The predicted octanol–water partition coefficient (Wildman–Crippen LogP) is 8.82. The predicted molar refractivity (Wildman–Crippen MR) is 176 cm³/mol. The summed E-state index contributed by atoms with van der Waals surface area (Å²) in [6.45, 7) is 8.33. The number of hydrogen-bond acceptors (Lipinski definition) is 1. The van der Waals surface area contributed by atoms with Gasteiger partial charge >= 0.3 is 0 Å². The van der Waals surface area contributed by atoms with Crippen molar-refractivity contribution in [3.8, 4) is 28.2 Å². The van der Waals surface area contributed by atoms with E-state index in [1.165, 1.54) is 43.1 Å². The fourth-order valence-corrected chi connectivity index (χ4v) is 5.99. The second-order valence-electron chi connectivity index (χ2n) is 10.6. The average molecular weight is 527 g/mol. The normalized spacial score (nSPS) is 12.5. The highest BCUT2D eigenvalue weighted by atomic mass is 15.1. The Bertz CT molecular complexity index is 2220. The fourth-order valence-electron chi connectivity index (χ4n) is 5.99. The molecule has 2 nitrogen and oxygen atoms in total. The molecule has 0 N–H and O–H groups in total. The molecule has 7 rings (SSSR count). The lowest BCUT2D eigenvalue weighted by atomic mass is 9.91. The summed E-state index contributed by atoms with van der Waals surface area (Å²) in [5.74, 6) is 0.940. The molecule has 0 aliphatic rings. The number of fused-ring (bicyclic) bond motifs is 4. The van der Waals surface area contributed by atoms with Crippen LogP contribution in [0.2, 0.25) is 0 Å². The van der Waals surface area contributed by atoms with Crippen molar-refractivity contribution < 1.29 is 0 Å². The summed E-state index contributed by atoms with van der Waals surface area (Å²) >= 11 is 0. The Labute approximate surface area is 239 Å². The van der Waals surface area contributed by atoms with Crippen LogP contribution in [0.4, 0.5) is 0 Å². The molecule has 1 aromatic heterocycles. The minimum Gasteiger partial charge on any atom is -0.292 e. The number of imidazole rings is 1. The number of rotatable bonds is 4. The zero-order valence-corrected chi connectivity index (χ0v) is 23.3. The van der Waals surface area contributed by atoms with Crippen molar-refractivity contribution in [2.45, 2.75) is 13.8 Å². The number of aromatic nitrogens is 2. The molecule has 2 heteroatoms. The highest BCUT2D eigenvalue weighted by Crippen LogP contribution is 2.35. The van der Waals surface area contributed by atoms with Crippen LogP contribution in [-0.2, 0) is 0 Å². The Morgan fingerprint density at radius 2 is 1.41 bits per heavy atom. The van der Waals surface area contributed by atoms with E-state index in [0.717, 1.165) is 33.7 Å². The first-order chi connectivity index (χ1) is 20.1. The van der Waals surface area contributed by atoms with Crippen LogP contribution in [0, 0.1) is 0 Å². The summed E-state index contributed by atoms with van der Waals surface area (Å²) in [4.78, 5) is 5.05. The number of allylic oxidation sites excluding steroid dienone is 1. The first-order valence-corrected chi connectivity index (χ1v) is 14.0. The van der Waals surface area contributed by atoms with Gasteiger partial charge in [0.1, 0.15) is 5.82 Å². The second-order valence-corrected chi connectivity index (χ2v) is 10.6. The maximum absolute atomic E-state index is 5.05. The SMILES string of the molecule is C=C(C)C=c1c(=CC)ccc2cc(-c3ccc(-c4nc5ccccc5n4-c4ccccc4)cc3)c3ccccc3c12. The van der Waals surface area contributed by atoms with E-state index in [-0.39, 0.29) is 0 Å². The van der Waals surface area contributed by atoms with Crippen molar-refractivity contribution in [3.63, 3.8) is 0 Å². The molecular formula is C39H30N2. The summed E-state index contributed by atoms with van der Waals surface area (Å²) < 4.78 is 2.25. The second kappa shape index (κ2) is 10.1. The van der Waals surface area contributed by atoms with E-state index in [1.54, 1.807) is 0 Å². The molecule has 0 unspecified atom stereocenters. The number of nitrogens with zero attached hydrogens (tertiary/aromatic N) is 2. The van der Waals surface area contributed by atoms with E-state index in [2.05, 4.69) is 146 Å². The molecule has 196 valence electrons.